The molecule has 3 rings (SSSR count). The highest BCUT2D eigenvalue weighted by molar-refractivity contribution is 8.04. The summed E-state index contributed by atoms with van der Waals surface area (Å²) in [5.74, 6) is 0.846. The second-order valence-corrected chi connectivity index (χ2v) is 5.24. The molecule has 2 heterocycles. The van der Waals surface area contributed by atoms with Gasteiger partial charge in [0.15, 0.2) is 11.5 Å². The number of aliphatic carboxylic acids is 1. The van der Waals surface area contributed by atoms with E-state index >= 15 is 0 Å². The van der Waals surface area contributed by atoms with Crippen molar-refractivity contribution in [3.8, 4) is 11.5 Å². The maximum Gasteiger partial charge on any atom is 0.342 e. The van der Waals surface area contributed by atoms with Gasteiger partial charge in [0.2, 0.25) is 11.9 Å². The minimum Gasteiger partial charge on any atom is -0.477 e. The maximum absolute atomic E-state index is 11.3. The second-order valence-electron chi connectivity index (χ2n) is 4.23. The number of nitrogens with one attached hydrogen (secondary N) is 1. The summed E-state index contributed by atoms with van der Waals surface area (Å²) in [4.78, 5) is 15.5. The first-order valence-corrected chi connectivity index (χ1v) is 6.85. The predicted molar refractivity (Wildman–Crippen MR) is 75.2 cm³/mol. The van der Waals surface area contributed by atoms with Crippen molar-refractivity contribution < 1.29 is 19.4 Å². The number of hydrogen-bond donors (Lipinski definition) is 2. The molecule has 108 valence electrons. The van der Waals surface area contributed by atoms with E-state index < -0.39 is 5.97 Å². The zero-order chi connectivity index (χ0) is 14.8. The topological polar surface area (TPSA) is 97.3 Å². The number of carboxylic acid groups (broad SMARTS) is 1. The number of benzene rings is 1. The summed E-state index contributed by atoms with van der Waals surface area (Å²) in [5.41, 5.74) is 0.705. The average Bonchev–Trinajstić information content (AvgIpc) is 3.06. The van der Waals surface area contributed by atoms with E-state index in [0.717, 1.165) is 11.8 Å². The highest BCUT2D eigenvalue weighted by Crippen LogP contribution is 2.34. The van der Waals surface area contributed by atoms with Crippen LogP contribution in [0.5, 0.6) is 11.5 Å². The number of nitrogens with zero attached hydrogens (tertiary/aromatic N) is 2. The molecule has 0 radical (unpaired) electrons. The molecule has 0 bridgehead atoms. The molecule has 1 aromatic carbocycles. The van der Waals surface area contributed by atoms with E-state index in [1.807, 2.05) is 0 Å². The van der Waals surface area contributed by atoms with E-state index in [1.165, 1.54) is 0 Å². The Bertz CT molecular complexity index is 726. The van der Waals surface area contributed by atoms with Crippen molar-refractivity contribution in [3.05, 3.63) is 34.5 Å². The number of rotatable bonds is 4. The summed E-state index contributed by atoms with van der Waals surface area (Å²) in [7, 11) is 0. The Morgan fingerprint density at radius 1 is 1.43 bits per heavy atom. The van der Waals surface area contributed by atoms with Gasteiger partial charge in [0.25, 0.3) is 0 Å². The van der Waals surface area contributed by atoms with Crippen LogP contribution in [0.1, 0.15) is 11.4 Å². The van der Waals surface area contributed by atoms with E-state index in [2.05, 4.69) is 15.2 Å². The van der Waals surface area contributed by atoms with Crippen molar-refractivity contribution in [2.24, 2.45) is 0 Å². The van der Waals surface area contributed by atoms with Gasteiger partial charge in [-0.2, -0.15) is 0 Å². The summed E-state index contributed by atoms with van der Waals surface area (Å²) >= 11 is 0.982. The lowest BCUT2D eigenvalue weighted by Gasteiger charge is -2.01. The van der Waals surface area contributed by atoms with Gasteiger partial charge in [-0.1, -0.05) is 6.07 Å². The molecule has 21 heavy (non-hydrogen) atoms. The number of ether oxygens (including phenoxy) is 2. The van der Waals surface area contributed by atoms with Crippen LogP contribution in [0.4, 0.5) is 0 Å². The molecule has 2 aromatic rings. The summed E-state index contributed by atoms with van der Waals surface area (Å²) in [5, 5.41) is 16.2. The Balaban J connectivity index is 1.88. The molecule has 0 fully saturated rings. The Kier molecular flexibility index (Phi) is 3.53. The standard InChI is InChI=1S/C13H11N3O4S/c1-7-14-13(16-15-7)21-11(12(17)18)5-8-2-3-9-10(4-8)20-6-19-9/h2-5H,6H2,1H3,(H,17,18)(H,14,15,16)/b11-5+. The summed E-state index contributed by atoms with van der Waals surface area (Å²) < 4.78 is 10.5. The highest BCUT2D eigenvalue weighted by atomic mass is 32.2. The average molecular weight is 305 g/mol. The van der Waals surface area contributed by atoms with Gasteiger partial charge in [0, 0.05) is 0 Å². The minimum atomic E-state index is -1.04. The van der Waals surface area contributed by atoms with Gasteiger partial charge < -0.3 is 14.6 Å². The van der Waals surface area contributed by atoms with Crippen LogP contribution in [-0.4, -0.2) is 33.1 Å². The van der Waals surface area contributed by atoms with Gasteiger partial charge in [0.05, 0.1) is 0 Å². The smallest absolute Gasteiger partial charge is 0.342 e. The molecule has 8 heteroatoms. The first-order valence-electron chi connectivity index (χ1n) is 6.03. The van der Waals surface area contributed by atoms with Crippen LogP contribution in [0.2, 0.25) is 0 Å². The largest absolute Gasteiger partial charge is 0.477 e. The van der Waals surface area contributed by atoms with Gasteiger partial charge >= 0.3 is 5.97 Å². The lowest BCUT2D eigenvalue weighted by Crippen LogP contribution is -1.97. The van der Waals surface area contributed by atoms with E-state index in [-0.39, 0.29) is 11.7 Å². The van der Waals surface area contributed by atoms with Crippen molar-refractivity contribution in [2.45, 2.75) is 12.1 Å². The summed E-state index contributed by atoms with van der Waals surface area (Å²) in [6, 6.07) is 5.24. The molecule has 0 atom stereocenters. The molecule has 0 amide bonds. The van der Waals surface area contributed by atoms with Crippen molar-refractivity contribution in [1.82, 2.24) is 15.2 Å². The number of thioether (sulfide) groups is 1. The van der Waals surface area contributed by atoms with Crippen LogP contribution in [-0.2, 0) is 4.79 Å². The van der Waals surface area contributed by atoms with Crippen LogP contribution >= 0.6 is 11.8 Å². The molecular weight excluding hydrogens is 294 g/mol. The van der Waals surface area contributed by atoms with Gasteiger partial charge in [-0.15, -0.1) is 5.10 Å². The molecule has 2 N–H and O–H groups in total. The molecule has 0 unspecified atom stereocenters. The molecule has 0 spiro atoms. The fourth-order valence-corrected chi connectivity index (χ4v) is 2.51. The molecule has 1 aromatic heterocycles. The first kappa shape index (κ1) is 13.5. The summed E-state index contributed by atoms with van der Waals surface area (Å²) in [6.45, 7) is 1.93. The quantitative estimate of drug-likeness (QED) is 0.659. The van der Waals surface area contributed by atoms with Crippen LogP contribution in [0.25, 0.3) is 6.08 Å². The Hall–Kier alpha value is -2.48. The number of hydrogen-bond acceptors (Lipinski definition) is 6. The monoisotopic (exact) mass is 305 g/mol. The Labute approximate surface area is 124 Å². The normalized spacial score (nSPS) is 13.5. The highest BCUT2D eigenvalue weighted by Gasteiger charge is 2.16. The molecule has 0 aliphatic carbocycles. The van der Waals surface area contributed by atoms with Gasteiger partial charge in [-0.25, -0.2) is 9.78 Å². The molecule has 7 nitrogen and oxygen atoms in total. The molecule has 1 aliphatic rings. The second kappa shape index (κ2) is 5.49. The molecule has 1 aliphatic heterocycles. The van der Waals surface area contributed by atoms with Gasteiger partial charge in [-0.05, 0) is 42.5 Å². The fraction of sp³-hybridized carbons (Fsp3) is 0.154. The minimum absolute atomic E-state index is 0.118. The molecular formula is C13H11N3O4S. The zero-order valence-corrected chi connectivity index (χ0v) is 11.8. The maximum atomic E-state index is 11.3. The number of aromatic nitrogens is 3. The van der Waals surface area contributed by atoms with Gasteiger partial charge in [0.1, 0.15) is 10.7 Å². The number of carboxylic acids is 1. The number of fused-ring (bicyclic) bond motifs is 1. The number of aromatic amines is 1. The van der Waals surface area contributed by atoms with Crippen LogP contribution in [0.3, 0.4) is 0 Å². The third-order valence-corrected chi connectivity index (χ3v) is 3.56. The summed E-state index contributed by atoms with van der Waals surface area (Å²) in [6.07, 6.45) is 1.54. The first-order chi connectivity index (χ1) is 10.1. The van der Waals surface area contributed by atoms with E-state index in [4.69, 9.17) is 9.47 Å². The third kappa shape index (κ3) is 3.00. The van der Waals surface area contributed by atoms with E-state index in [1.54, 1.807) is 31.2 Å². The lowest BCUT2D eigenvalue weighted by atomic mass is 10.2. The predicted octanol–water partition coefficient (Wildman–Crippen LogP) is 2.06. The Morgan fingerprint density at radius 2 is 2.24 bits per heavy atom. The number of H-pyrrole nitrogens is 1. The van der Waals surface area contributed by atoms with Crippen molar-refractivity contribution in [2.75, 3.05) is 6.79 Å². The fourth-order valence-electron chi connectivity index (χ4n) is 1.76. The lowest BCUT2D eigenvalue weighted by molar-refractivity contribution is -0.131. The van der Waals surface area contributed by atoms with Gasteiger partial charge in [-0.3, -0.25) is 5.10 Å². The van der Waals surface area contributed by atoms with Crippen LogP contribution < -0.4 is 9.47 Å². The van der Waals surface area contributed by atoms with Crippen LogP contribution in [0, 0.1) is 6.92 Å². The van der Waals surface area contributed by atoms with Crippen LogP contribution in [0.15, 0.2) is 28.3 Å². The van der Waals surface area contributed by atoms with Crippen molar-refractivity contribution in [1.29, 1.82) is 0 Å². The number of aryl methyl sites for hydroxylation is 1. The Morgan fingerprint density at radius 3 is 2.95 bits per heavy atom. The zero-order valence-electron chi connectivity index (χ0n) is 11.0. The van der Waals surface area contributed by atoms with Crippen molar-refractivity contribution in [3.63, 3.8) is 0 Å². The number of carbonyl (C=O) groups is 1. The van der Waals surface area contributed by atoms with Crippen molar-refractivity contribution >= 4 is 23.8 Å². The third-order valence-electron chi connectivity index (χ3n) is 2.68. The molecule has 0 saturated carbocycles. The van der Waals surface area contributed by atoms with E-state index in [0.29, 0.717) is 28.0 Å². The molecule has 0 saturated heterocycles. The van der Waals surface area contributed by atoms with E-state index in [9.17, 15) is 9.90 Å². The SMILES string of the molecule is Cc1nc(S/C(=C/c2ccc3c(c2)OCO3)C(=O)O)n[nH]1.